The highest BCUT2D eigenvalue weighted by atomic mass is 19.1. The molecule has 1 rings (SSSR count). The lowest BCUT2D eigenvalue weighted by Gasteiger charge is -2.20. The van der Waals surface area contributed by atoms with Crippen LogP contribution >= 0.6 is 0 Å². The first-order valence-corrected chi connectivity index (χ1v) is 5.72. The van der Waals surface area contributed by atoms with Crippen molar-refractivity contribution in [3.05, 3.63) is 41.7 Å². The molecule has 0 spiro atoms. The van der Waals surface area contributed by atoms with Crippen LogP contribution < -0.4 is 5.32 Å². The minimum atomic E-state index is -1.34. The third-order valence-electron chi connectivity index (χ3n) is 2.62. The highest BCUT2D eigenvalue weighted by molar-refractivity contribution is 5.97. The number of hydrogen-bond donors (Lipinski definition) is 2. The maximum Gasteiger partial charge on any atom is 0.328 e. The molecule has 0 aromatic heterocycles. The van der Waals surface area contributed by atoms with Crippen molar-refractivity contribution < 1.29 is 19.1 Å². The maximum atomic E-state index is 12.8. The number of halogens is 1. The molecular formula is C14H16FNO3. The number of carbonyl (C=O) groups excluding carboxylic acids is 1. The van der Waals surface area contributed by atoms with Gasteiger partial charge in [0.2, 0.25) is 5.91 Å². The van der Waals surface area contributed by atoms with Gasteiger partial charge in [-0.3, -0.25) is 4.79 Å². The van der Waals surface area contributed by atoms with Gasteiger partial charge in [0.05, 0.1) is 0 Å². The number of aliphatic carboxylic acids is 1. The lowest BCUT2D eigenvalue weighted by atomic mass is 10.0. The van der Waals surface area contributed by atoms with Gasteiger partial charge in [-0.1, -0.05) is 12.1 Å². The Morgan fingerprint density at radius 3 is 2.26 bits per heavy atom. The summed E-state index contributed by atoms with van der Waals surface area (Å²) in [5.41, 5.74) is -0.0141. The summed E-state index contributed by atoms with van der Waals surface area (Å²) in [5, 5.41) is 11.3. The van der Waals surface area contributed by atoms with Crippen molar-refractivity contribution in [2.75, 3.05) is 0 Å². The Balaban J connectivity index is 2.82. The van der Waals surface area contributed by atoms with E-state index in [1.54, 1.807) is 19.1 Å². The minimum Gasteiger partial charge on any atom is -0.480 e. The summed E-state index contributed by atoms with van der Waals surface area (Å²) >= 11 is 0. The van der Waals surface area contributed by atoms with Crippen molar-refractivity contribution >= 4 is 17.4 Å². The largest absolute Gasteiger partial charge is 0.480 e. The third kappa shape index (κ3) is 4.21. The van der Waals surface area contributed by atoms with Gasteiger partial charge < -0.3 is 10.4 Å². The lowest BCUT2D eigenvalue weighted by Crippen LogP contribution is -2.49. The lowest BCUT2D eigenvalue weighted by molar-refractivity contribution is -0.145. The van der Waals surface area contributed by atoms with E-state index < -0.39 is 17.4 Å². The van der Waals surface area contributed by atoms with E-state index in [-0.39, 0.29) is 5.82 Å². The normalized spacial score (nSPS) is 12.1. The summed E-state index contributed by atoms with van der Waals surface area (Å²) in [6, 6.07) is 5.70. The number of carboxylic acids is 1. The molecular weight excluding hydrogens is 249 g/mol. The SMILES string of the molecule is C/C(=C/C(=O)NC(C)(C)C(=O)O)c1ccc(F)cc1. The molecule has 0 saturated carbocycles. The van der Waals surface area contributed by atoms with Crippen LogP contribution in [0.2, 0.25) is 0 Å². The molecule has 0 unspecified atom stereocenters. The molecule has 102 valence electrons. The summed E-state index contributed by atoms with van der Waals surface area (Å²) in [5.74, 6) is -1.98. The van der Waals surface area contributed by atoms with Crippen LogP contribution in [0.4, 0.5) is 4.39 Å². The van der Waals surface area contributed by atoms with E-state index in [2.05, 4.69) is 5.32 Å². The van der Waals surface area contributed by atoms with Crippen LogP contribution in [0.5, 0.6) is 0 Å². The smallest absolute Gasteiger partial charge is 0.328 e. The van der Waals surface area contributed by atoms with Crippen LogP contribution in [0.15, 0.2) is 30.3 Å². The first-order chi connectivity index (χ1) is 8.72. The Hall–Kier alpha value is -2.17. The second-order valence-corrected chi connectivity index (χ2v) is 4.75. The van der Waals surface area contributed by atoms with Gasteiger partial charge in [0.1, 0.15) is 11.4 Å². The molecule has 4 nitrogen and oxygen atoms in total. The Kier molecular flexibility index (Phi) is 4.43. The number of hydrogen-bond acceptors (Lipinski definition) is 2. The summed E-state index contributed by atoms with van der Waals surface area (Å²) in [6.45, 7) is 4.49. The second-order valence-electron chi connectivity index (χ2n) is 4.75. The Morgan fingerprint density at radius 2 is 1.79 bits per heavy atom. The molecule has 1 aromatic carbocycles. The molecule has 0 aliphatic carbocycles. The standard InChI is InChI=1S/C14H16FNO3/c1-9(10-4-6-11(15)7-5-10)8-12(17)16-14(2,3)13(18)19/h4-8H,1-3H3,(H,16,17)(H,18,19)/b9-8-. The number of nitrogens with one attached hydrogen (secondary N) is 1. The monoisotopic (exact) mass is 265 g/mol. The van der Waals surface area contributed by atoms with Gasteiger partial charge >= 0.3 is 5.97 Å². The van der Waals surface area contributed by atoms with Crippen molar-refractivity contribution in [1.29, 1.82) is 0 Å². The molecule has 0 heterocycles. The topological polar surface area (TPSA) is 66.4 Å². The first kappa shape index (κ1) is 14.9. The average Bonchev–Trinajstić information content (AvgIpc) is 2.28. The molecule has 0 atom stereocenters. The fraction of sp³-hybridized carbons (Fsp3) is 0.286. The van der Waals surface area contributed by atoms with E-state index in [9.17, 15) is 14.0 Å². The van der Waals surface area contributed by atoms with Gasteiger partial charge in [0, 0.05) is 6.08 Å². The first-order valence-electron chi connectivity index (χ1n) is 5.72. The highest BCUT2D eigenvalue weighted by Gasteiger charge is 2.28. The van der Waals surface area contributed by atoms with E-state index >= 15 is 0 Å². The molecule has 0 aliphatic heterocycles. The van der Waals surface area contributed by atoms with Crippen LogP contribution in [0.3, 0.4) is 0 Å². The Labute approximate surface area is 110 Å². The number of carboxylic acid groups (broad SMARTS) is 1. The summed E-state index contributed by atoms with van der Waals surface area (Å²) in [7, 11) is 0. The Bertz CT molecular complexity index is 518. The zero-order valence-corrected chi connectivity index (χ0v) is 11.0. The van der Waals surface area contributed by atoms with E-state index in [1.807, 2.05) is 0 Å². The molecule has 0 bridgehead atoms. The highest BCUT2D eigenvalue weighted by Crippen LogP contribution is 2.14. The number of allylic oxidation sites excluding steroid dienone is 1. The zero-order chi connectivity index (χ0) is 14.6. The molecule has 0 radical (unpaired) electrons. The average molecular weight is 265 g/mol. The van der Waals surface area contributed by atoms with Crippen molar-refractivity contribution in [1.82, 2.24) is 5.32 Å². The Morgan fingerprint density at radius 1 is 1.26 bits per heavy atom. The molecule has 0 aliphatic rings. The summed E-state index contributed by atoms with van der Waals surface area (Å²) in [4.78, 5) is 22.6. The van der Waals surface area contributed by atoms with Crippen LogP contribution in [0.25, 0.3) is 5.57 Å². The van der Waals surface area contributed by atoms with E-state index in [0.29, 0.717) is 11.1 Å². The number of amides is 1. The zero-order valence-electron chi connectivity index (χ0n) is 11.0. The van der Waals surface area contributed by atoms with Crippen molar-refractivity contribution in [3.8, 4) is 0 Å². The molecule has 1 amide bonds. The van der Waals surface area contributed by atoms with Gasteiger partial charge in [-0.15, -0.1) is 0 Å². The number of rotatable bonds is 4. The quantitative estimate of drug-likeness (QED) is 0.820. The van der Waals surface area contributed by atoms with Crippen LogP contribution in [0.1, 0.15) is 26.3 Å². The third-order valence-corrected chi connectivity index (χ3v) is 2.62. The molecule has 2 N–H and O–H groups in total. The number of carbonyl (C=O) groups is 2. The van der Waals surface area contributed by atoms with Crippen molar-refractivity contribution in [2.45, 2.75) is 26.3 Å². The van der Waals surface area contributed by atoms with E-state index in [4.69, 9.17) is 5.11 Å². The van der Waals surface area contributed by atoms with Crippen LogP contribution in [0, 0.1) is 5.82 Å². The minimum absolute atomic E-state index is 0.354. The predicted molar refractivity (Wildman–Crippen MR) is 69.9 cm³/mol. The summed E-state index contributed by atoms with van der Waals surface area (Å²) < 4.78 is 12.8. The maximum absolute atomic E-state index is 12.8. The van der Waals surface area contributed by atoms with Crippen molar-refractivity contribution in [3.63, 3.8) is 0 Å². The fourth-order valence-corrected chi connectivity index (χ4v) is 1.39. The van der Waals surface area contributed by atoms with Gasteiger partial charge in [-0.25, -0.2) is 9.18 Å². The fourth-order valence-electron chi connectivity index (χ4n) is 1.39. The van der Waals surface area contributed by atoms with E-state index in [1.165, 1.54) is 32.1 Å². The number of benzene rings is 1. The van der Waals surface area contributed by atoms with Gasteiger partial charge in [0.15, 0.2) is 0 Å². The van der Waals surface area contributed by atoms with Gasteiger partial charge in [0.25, 0.3) is 0 Å². The second kappa shape index (κ2) is 5.65. The van der Waals surface area contributed by atoms with Crippen LogP contribution in [-0.4, -0.2) is 22.5 Å². The molecule has 1 aromatic rings. The van der Waals surface area contributed by atoms with Crippen LogP contribution in [-0.2, 0) is 9.59 Å². The molecule has 19 heavy (non-hydrogen) atoms. The molecule has 5 heteroatoms. The summed E-state index contributed by atoms with van der Waals surface area (Å²) in [6.07, 6.45) is 1.29. The predicted octanol–water partition coefficient (Wildman–Crippen LogP) is 2.21. The molecule has 0 saturated heterocycles. The van der Waals surface area contributed by atoms with Gasteiger partial charge in [-0.2, -0.15) is 0 Å². The van der Waals surface area contributed by atoms with Crippen molar-refractivity contribution in [2.24, 2.45) is 0 Å². The van der Waals surface area contributed by atoms with E-state index in [0.717, 1.165) is 0 Å². The van der Waals surface area contributed by atoms with Gasteiger partial charge in [-0.05, 0) is 44.0 Å². The molecule has 0 fully saturated rings.